The summed E-state index contributed by atoms with van der Waals surface area (Å²) in [7, 11) is 0. The molecule has 0 saturated heterocycles. The predicted octanol–water partition coefficient (Wildman–Crippen LogP) is 3.76. The first-order valence-electron chi connectivity index (χ1n) is 7.02. The van der Waals surface area contributed by atoms with Gasteiger partial charge in [-0.3, -0.25) is 0 Å². The van der Waals surface area contributed by atoms with Crippen LogP contribution in [0.5, 0.6) is 0 Å². The maximum Gasteiger partial charge on any atom is 0.230 e. The molecule has 0 atom stereocenters. The molecule has 100 valence electrons. The molecule has 1 aromatic carbocycles. The Hall–Kier alpha value is -1.84. The van der Waals surface area contributed by atoms with Crippen molar-refractivity contribution in [1.29, 1.82) is 0 Å². The maximum absolute atomic E-state index is 5.78. The molecular formula is C15H19N3O. The molecule has 1 aliphatic rings. The number of hydrogen-bond donors (Lipinski definition) is 1. The first-order valence-corrected chi connectivity index (χ1v) is 7.02. The summed E-state index contributed by atoms with van der Waals surface area (Å²) in [5, 5.41) is 4.09. The van der Waals surface area contributed by atoms with Crippen LogP contribution in [0.25, 0.3) is 11.4 Å². The molecule has 0 radical (unpaired) electrons. The van der Waals surface area contributed by atoms with Gasteiger partial charge in [0, 0.05) is 17.2 Å². The molecule has 2 aromatic rings. The van der Waals surface area contributed by atoms with Crippen molar-refractivity contribution in [3.63, 3.8) is 0 Å². The Kier molecular flexibility index (Phi) is 3.49. The van der Waals surface area contributed by atoms with Crippen LogP contribution in [-0.4, -0.2) is 10.1 Å². The van der Waals surface area contributed by atoms with Crippen molar-refractivity contribution >= 4 is 5.69 Å². The lowest BCUT2D eigenvalue weighted by atomic mass is 10.0. The van der Waals surface area contributed by atoms with Gasteiger partial charge >= 0.3 is 0 Å². The Bertz CT molecular complexity index is 542. The van der Waals surface area contributed by atoms with Crippen molar-refractivity contribution in [2.24, 2.45) is 0 Å². The lowest BCUT2D eigenvalue weighted by Crippen LogP contribution is -1.97. The van der Waals surface area contributed by atoms with Crippen LogP contribution in [-0.2, 0) is 0 Å². The quantitative estimate of drug-likeness (QED) is 0.657. The van der Waals surface area contributed by atoms with Gasteiger partial charge in [-0.1, -0.05) is 43.0 Å². The zero-order valence-electron chi connectivity index (χ0n) is 11.0. The zero-order valence-corrected chi connectivity index (χ0v) is 11.0. The van der Waals surface area contributed by atoms with Crippen LogP contribution in [0.15, 0.2) is 28.8 Å². The van der Waals surface area contributed by atoms with Crippen LogP contribution in [0.4, 0.5) is 5.69 Å². The summed E-state index contributed by atoms with van der Waals surface area (Å²) in [6.07, 6.45) is 7.51. The molecule has 1 heterocycles. The molecule has 1 aliphatic carbocycles. The largest absolute Gasteiger partial charge is 0.399 e. The lowest BCUT2D eigenvalue weighted by Gasteiger charge is -2.06. The molecule has 1 fully saturated rings. The highest BCUT2D eigenvalue weighted by atomic mass is 16.5. The molecule has 0 unspecified atom stereocenters. The second-order valence-corrected chi connectivity index (χ2v) is 5.27. The maximum atomic E-state index is 5.78. The normalized spacial score (nSPS) is 17.3. The Morgan fingerprint density at radius 2 is 1.89 bits per heavy atom. The van der Waals surface area contributed by atoms with Crippen LogP contribution in [0.2, 0.25) is 0 Å². The minimum atomic E-state index is 0.435. The molecular weight excluding hydrogens is 238 g/mol. The molecule has 0 spiro atoms. The van der Waals surface area contributed by atoms with E-state index in [-0.39, 0.29) is 0 Å². The number of aromatic nitrogens is 2. The minimum Gasteiger partial charge on any atom is -0.399 e. The van der Waals surface area contributed by atoms with E-state index in [1.807, 2.05) is 24.3 Å². The number of nitrogens with zero attached hydrogens (tertiary/aromatic N) is 2. The van der Waals surface area contributed by atoms with E-state index in [9.17, 15) is 0 Å². The Labute approximate surface area is 113 Å². The predicted molar refractivity (Wildman–Crippen MR) is 74.6 cm³/mol. The highest BCUT2D eigenvalue weighted by Gasteiger charge is 2.20. The fourth-order valence-electron chi connectivity index (χ4n) is 2.72. The summed E-state index contributed by atoms with van der Waals surface area (Å²) in [5.74, 6) is 1.87. The van der Waals surface area contributed by atoms with E-state index < -0.39 is 0 Å². The van der Waals surface area contributed by atoms with E-state index in [1.165, 1.54) is 38.5 Å². The van der Waals surface area contributed by atoms with E-state index in [1.54, 1.807) is 0 Å². The van der Waals surface area contributed by atoms with Gasteiger partial charge < -0.3 is 10.3 Å². The summed E-state index contributed by atoms with van der Waals surface area (Å²) in [6, 6.07) is 7.60. The summed E-state index contributed by atoms with van der Waals surface area (Å²) >= 11 is 0. The summed E-state index contributed by atoms with van der Waals surface area (Å²) in [5.41, 5.74) is 7.42. The number of benzene rings is 1. The van der Waals surface area contributed by atoms with Crippen molar-refractivity contribution in [1.82, 2.24) is 10.1 Å². The van der Waals surface area contributed by atoms with Crippen molar-refractivity contribution in [3.8, 4) is 11.4 Å². The van der Waals surface area contributed by atoms with Crippen LogP contribution < -0.4 is 5.73 Å². The summed E-state index contributed by atoms with van der Waals surface area (Å²) < 4.78 is 5.45. The Morgan fingerprint density at radius 1 is 1.11 bits per heavy atom. The number of rotatable bonds is 2. The van der Waals surface area contributed by atoms with E-state index in [2.05, 4.69) is 10.1 Å². The molecule has 0 bridgehead atoms. The van der Waals surface area contributed by atoms with Crippen molar-refractivity contribution < 1.29 is 4.52 Å². The van der Waals surface area contributed by atoms with Crippen LogP contribution in [0.3, 0.4) is 0 Å². The van der Waals surface area contributed by atoms with Gasteiger partial charge in [-0.25, -0.2) is 0 Å². The van der Waals surface area contributed by atoms with Gasteiger partial charge in [0.2, 0.25) is 11.7 Å². The second-order valence-electron chi connectivity index (χ2n) is 5.27. The van der Waals surface area contributed by atoms with Gasteiger partial charge in [0.15, 0.2) is 0 Å². The molecule has 4 heteroatoms. The molecule has 1 saturated carbocycles. The number of nitrogen functional groups attached to an aromatic ring is 1. The van der Waals surface area contributed by atoms with E-state index >= 15 is 0 Å². The fraction of sp³-hybridized carbons (Fsp3) is 0.467. The Balaban J connectivity index is 1.82. The van der Waals surface area contributed by atoms with Gasteiger partial charge in [0.25, 0.3) is 0 Å². The van der Waals surface area contributed by atoms with Crippen LogP contribution in [0, 0.1) is 0 Å². The first-order chi connectivity index (χ1) is 9.33. The topological polar surface area (TPSA) is 64.9 Å². The van der Waals surface area contributed by atoms with E-state index in [0.717, 1.165) is 17.1 Å². The number of anilines is 1. The molecule has 4 nitrogen and oxygen atoms in total. The highest BCUT2D eigenvalue weighted by Crippen LogP contribution is 2.31. The van der Waals surface area contributed by atoms with Gasteiger partial charge in [-0.15, -0.1) is 0 Å². The smallest absolute Gasteiger partial charge is 0.230 e. The second kappa shape index (κ2) is 5.43. The van der Waals surface area contributed by atoms with Crippen molar-refractivity contribution in [2.75, 3.05) is 5.73 Å². The molecule has 1 aromatic heterocycles. The van der Waals surface area contributed by atoms with Gasteiger partial charge in [0.1, 0.15) is 0 Å². The average molecular weight is 257 g/mol. The standard InChI is InChI=1S/C15H19N3O/c16-13-9-5-8-12(10-13)14-17-15(19-18-14)11-6-3-1-2-4-7-11/h5,8-11H,1-4,6-7,16H2. The first kappa shape index (κ1) is 12.2. The van der Waals surface area contributed by atoms with Crippen molar-refractivity contribution in [3.05, 3.63) is 30.2 Å². The van der Waals surface area contributed by atoms with Gasteiger partial charge in [-0.05, 0) is 25.0 Å². The molecule has 19 heavy (non-hydrogen) atoms. The zero-order chi connectivity index (χ0) is 13.1. The monoisotopic (exact) mass is 257 g/mol. The SMILES string of the molecule is Nc1cccc(-c2noc(C3CCCCCC3)n2)c1. The molecule has 0 amide bonds. The van der Waals surface area contributed by atoms with Gasteiger partial charge in [-0.2, -0.15) is 4.98 Å². The number of hydrogen-bond acceptors (Lipinski definition) is 4. The third-order valence-electron chi connectivity index (χ3n) is 3.79. The minimum absolute atomic E-state index is 0.435. The third-order valence-corrected chi connectivity index (χ3v) is 3.79. The molecule has 0 aliphatic heterocycles. The summed E-state index contributed by atoms with van der Waals surface area (Å²) in [4.78, 5) is 4.55. The number of nitrogens with two attached hydrogens (primary N) is 1. The third kappa shape index (κ3) is 2.78. The van der Waals surface area contributed by atoms with E-state index in [0.29, 0.717) is 11.7 Å². The summed E-state index contributed by atoms with van der Waals surface area (Å²) in [6.45, 7) is 0. The molecule has 3 rings (SSSR count). The van der Waals surface area contributed by atoms with Crippen LogP contribution in [0.1, 0.15) is 50.3 Å². The fourth-order valence-corrected chi connectivity index (χ4v) is 2.72. The van der Waals surface area contributed by atoms with Crippen LogP contribution >= 0.6 is 0 Å². The van der Waals surface area contributed by atoms with Gasteiger partial charge in [0.05, 0.1) is 0 Å². The van der Waals surface area contributed by atoms with Crippen molar-refractivity contribution in [2.45, 2.75) is 44.4 Å². The lowest BCUT2D eigenvalue weighted by molar-refractivity contribution is 0.341. The highest BCUT2D eigenvalue weighted by molar-refractivity contribution is 5.60. The molecule has 2 N–H and O–H groups in total. The Morgan fingerprint density at radius 3 is 2.63 bits per heavy atom. The van der Waals surface area contributed by atoms with E-state index in [4.69, 9.17) is 10.3 Å². The average Bonchev–Trinajstić information content (AvgIpc) is 2.75.